The lowest BCUT2D eigenvalue weighted by atomic mass is 9.95. The summed E-state index contributed by atoms with van der Waals surface area (Å²) in [6, 6.07) is 4.46. The summed E-state index contributed by atoms with van der Waals surface area (Å²) < 4.78 is 11.8. The average Bonchev–Trinajstić information content (AvgIpc) is 2.46. The van der Waals surface area contributed by atoms with Crippen molar-refractivity contribution < 1.29 is 9.47 Å². The van der Waals surface area contributed by atoms with Crippen molar-refractivity contribution in [3.05, 3.63) is 45.7 Å². The van der Waals surface area contributed by atoms with Crippen LogP contribution in [0.3, 0.4) is 0 Å². The normalized spacial score (nSPS) is 17.9. The van der Waals surface area contributed by atoms with Gasteiger partial charge in [0.2, 0.25) is 0 Å². The van der Waals surface area contributed by atoms with E-state index in [4.69, 9.17) is 38.4 Å². The summed E-state index contributed by atoms with van der Waals surface area (Å²) in [6.45, 7) is 10.7. The molecule has 1 unspecified atom stereocenters. The number of rotatable bonds is 7. The van der Waals surface area contributed by atoms with Gasteiger partial charge in [0.15, 0.2) is 5.75 Å². The topological polar surface area (TPSA) is 44.5 Å². The standard InChI is InChI=1S/C19H27Cl2NO2Si/c1-13-7-14(12-23-5-6-25(2,3)4)9-16(8-13)24-19-17(20)10-15(22)11-18(19)21/h8-11,14H,5-7,12,22H2,1-4H3. The summed E-state index contributed by atoms with van der Waals surface area (Å²) in [5.41, 5.74) is 7.50. The molecule has 1 atom stereocenters. The van der Waals surface area contributed by atoms with Crippen LogP contribution in [0.4, 0.5) is 5.69 Å². The second-order valence-electron chi connectivity index (χ2n) is 7.83. The summed E-state index contributed by atoms with van der Waals surface area (Å²) in [5, 5.41) is 0.816. The lowest BCUT2D eigenvalue weighted by molar-refractivity contribution is 0.122. The highest BCUT2D eigenvalue weighted by atomic mass is 35.5. The van der Waals surface area contributed by atoms with E-state index in [-0.39, 0.29) is 0 Å². The second kappa shape index (κ2) is 8.63. The van der Waals surface area contributed by atoms with E-state index < -0.39 is 8.07 Å². The van der Waals surface area contributed by atoms with E-state index in [0.717, 1.165) is 18.8 Å². The Morgan fingerprint density at radius 3 is 2.44 bits per heavy atom. The van der Waals surface area contributed by atoms with E-state index >= 15 is 0 Å². The molecule has 0 saturated carbocycles. The molecule has 0 spiro atoms. The Hall–Kier alpha value is -0.943. The fourth-order valence-corrected chi connectivity index (χ4v) is 3.97. The predicted octanol–water partition coefficient (Wildman–Crippen LogP) is 6.16. The van der Waals surface area contributed by atoms with E-state index in [0.29, 0.717) is 34.0 Å². The number of nitrogen functional groups attached to an aromatic ring is 1. The molecule has 0 amide bonds. The van der Waals surface area contributed by atoms with Crippen molar-refractivity contribution in [3.8, 4) is 5.75 Å². The number of nitrogens with two attached hydrogens (primary N) is 1. The van der Waals surface area contributed by atoms with Crippen LogP contribution in [-0.4, -0.2) is 21.3 Å². The summed E-state index contributed by atoms with van der Waals surface area (Å²) in [7, 11) is -1.06. The number of hydrogen-bond donors (Lipinski definition) is 1. The third-order valence-corrected chi connectivity index (χ3v) is 6.21. The summed E-state index contributed by atoms with van der Waals surface area (Å²) in [4.78, 5) is 0. The molecule has 0 heterocycles. The highest BCUT2D eigenvalue weighted by Gasteiger charge is 2.18. The van der Waals surface area contributed by atoms with Crippen molar-refractivity contribution in [1.29, 1.82) is 0 Å². The lowest BCUT2D eigenvalue weighted by Crippen LogP contribution is -2.22. The zero-order valence-electron chi connectivity index (χ0n) is 15.4. The molecule has 1 aliphatic carbocycles. The van der Waals surface area contributed by atoms with Gasteiger partial charge in [0.05, 0.1) is 16.7 Å². The summed E-state index contributed by atoms with van der Waals surface area (Å²) in [5.74, 6) is 1.48. The monoisotopic (exact) mass is 399 g/mol. The number of hydrogen-bond acceptors (Lipinski definition) is 3. The fourth-order valence-electron chi connectivity index (χ4n) is 2.63. The molecule has 25 heavy (non-hydrogen) atoms. The smallest absolute Gasteiger partial charge is 0.164 e. The Morgan fingerprint density at radius 2 is 1.84 bits per heavy atom. The highest BCUT2D eigenvalue weighted by molar-refractivity contribution is 6.76. The Labute approximate surface area is 161 Å². The van der Waals surface area contributed by atoms with Crippen LogP contribution < -0.4 is 10.5 Å². The zero-order chi connectivity index (χ0) is 18.6. The molecule has 1 aliphatic rings. The van der Waals surface area contributed by atoms with E-state index in [2.05, 4.69) is 32.6 Å². The number of allylic oxidation sites excluding steroid dienone is 2. The largest absolute Gasteiger partial charge is 0.455 e. The Kier molecular flexibility index (Phi) is 7.03. The molecular weight excluding hydrogens is 373 g/mol. The maximum atomic E-state index is 6.21. The second-order valence-corrected chi connectivity index (χ2v) is 14.3. The summed E-state index contributed by atoms with van der Waals surface area (Å²) >= 11 is 12.4. The molecule has 0 radical (unpaired) electrons. The molecule has 2 rings (SSSR count). The Bertz CT molecular complexity index is 657. The van der Waals surface area contributed by atoms with Crippen molar-refractivity contribution in [2.45, 2.75) is 39.0 Å². The molecule has 1 aromatic carbocycles. The van der Waals surface area contributed by atoms with Gasteiger partial charge in [0.25, 0.3) is 0 Å². The molecule has 0 aromatic heterocycles. The first-order valence-electron chi connectivity index (χ1n) is 8.53. The Morgan fingerprint density at radius 1 is 1.20 bits per heavy atom. The molecule has 2 N–H and O–H groups in total. The van der Waals surface area contributed by atoms with Crippen molar-refractivity contribution in [1.82, 2.24) is 0 Å². The van der Waals surface area contributed by atoms with E-state index in [1.54, 1.807) is 12.1 Å². The molecule has 0 aliphatic heterocycles. The van der Waals surface area contributed by atoms with Gasteiger partial charge < -0.3 is 15.2 Å². The van der Waals surface area contributed by atoms with Gasteiger partial charge in [-0.25, -0.2) is 0 Å². The van der Waals surface area contributed by atoms with Gasteiger partial charge in [0.1, 0.15) is 5.76 Å². The van der Waals surface area contributed by atoms with Crippen LogP contribution >= 0.6 is 23.2 Å². The van der Waals surface area contributed by atoms with E-state index in [1.165, 1.54) is 11.6 Å². The summed E-state index contributed by atoms with van der Waals surface area (Å²) in [6.07, 6.45) is 5.08. The predicted molar refractivity (Wildman–Crippen MR) is 110 cm³/mol. The molecule has 0 saturated heterocycles. The van der Waals surface area contributed by atoms with Gasteiger partial charge in [-0.15, -0.1) is 0 Å². The first kappa shape index (κ1) is 20.4. The van der Waals surface area contributed by atoms with Gasteiger partial charge >= 0.3 is 0 Å². The van der Waals surface area contributed by atoms with Crippen molar-refractivity contribution in [2.24, 2.45) is 5.92 Å². The number of anilines is 1. The van der Waals surface area contributed by atoms with Crippen LogP contribution in [0.5, 0.6) is 5.75 Å². The van der Waals surface area contributed by atoms with Crippen LogP contribution in [-0.2, 0) is 4.74 Å². The third-order valence-electron chi connectivity index (χ3n) is 3.94. The average molecular weight is 400 g/mol. The molecule has 1 aromatic rings. The fraction of sp³-hybridized carbons (Fsp3) is 0.474. The van der Waals surface area contributed by atoms with Gasteiger partial charge in [-0.1, -0.05) is 48.4 Å². The van der Waals surface area contributed by atoms with Crippen LogP contribution in [0.1, 0.15) is 13.3 Å². The van der Waals surface area contributed by atoms with Gasteiger partial charge in [-0.05, 0) is 43.7 Å². The maximum Gasteiger partial charge on any atom is 0.164 e. The quantitative estimate of drug-likeness (QED) is 0.339. The highest BCUT2D eigenvalue weighted by Crippen LogP contribution is 2.37. The van der Waals surface area contributed by atoms with Crippen LogP contribution in [0.15, 0.2) is 35.6 Å². The first-order chi connectivity index (χ1) is 11.6. The molecule has 138 valence electrons. The zero-order valence-corrected chi connectivity index (χ0v) is 17.9. The SMILES string of the molecule is CC1=CC(Oc2c(Cl)cc(N)cc2Cl)=CC(COCC[Si](C)(C)C)C1. The minimum absolute atomic E-state index is 0.299. The van der Waals surface area contributed by atoms with Crippen LogP contribution in [0.2, 0.25) is 35.7 Å². The third kappa shape index (κ3) is 6.70. The van der Waals surface area contributed by atoms with E-state index in [1.807, 2.05) is 6.08 Å². The first-order valence-corrected chi connectivity index (χ1v) is 13.0. The molecular formula is C19H27Cl2NO2Si. The number of halogens is 2. The minimum atomic E-state index is -1.06. The maximum absolute atomic E-state index is 6.21. The van der Waals surface area contributed by atoms with E-state index in [9.17, 15) is 0 Å². The minimum Gasteiger partial charge on any atom is -0.455 e. The number of ether oxygens (including phenoxy) is 2. The molecule has 0 bridgehead atoms. The molecule has 0 fully saturated rings. The van der Waals surface area contributed by atoms with Crippen molar-refractivity contribution in [2.75, 3.05) is 18.9 Å². The molecule has 3 nitrogen and oxygen atoms in total. The molecule has 6 heteroatoms. The van der Waals surface area contributed by atoms with Gasteiger partial charge in [-0.3, -0.25) is 0 Å². The van der Waals surface area contributed by atoms with Crippen molar-refractivity contribution in [3.63, 3.8) is 0 Å². The van der Waals surface area contributed by atoms with Crippen LogP contribution in [0.25, 0.3) is 0 Å². The number of benzene rings is 1. The van der Waals surface area contributed by atoms with Gasteiger partial charge in [-0.2, -0.15) is 0 Å². The van der Waals surface area contributed by atoms with Crippen LogP contribution in [0, 0.1) is 5.92 Å². The van der Waals surface area contributed by atoms with Crippen molar-refractivity contribution >= 4 is 37.0 Å². The van der Waals surface area contributed by atoms with Gasteiger partial charge in [0, 0.05) is 26.3 Å². The Balaban J connectivity index is 2.01. The lowest BCUT2D eigenvalue weighted by Gasteiger charge is -2.22.